The predicted octanol–water partition coefficient (Wildman–Crippen LogP) is 3.39. The molecule has 5 rings (SSSR count). The molecule has 0 bridgehead atoms. The molecular formula is C21H18N4O3S. The third-order valence-corrected chi connectivity index (χ3v) is 6.46. The van der Waals surface area contributed by atoms with Crippen molar-refractivity contribution in [1.82, 2.24) is 19.9 Å². The van der Waals surface area contributed by atoms with Gasteiger partial charge in [0.15, 0.2) is 0 Å². The lowest BCUT2D eigenvalue weighted by molar-refractivity contribution is 0.0462. The molecule has 7 nitrogen and oxygen atoms in total. The highest BCUT2D eigenvalue weighted by molar-refractivity contribution is 7.18. The number of aromatic amines is 1. The summed E-state index contributed by atoms with van der Waals surface area (Å²) in [6, 6.07) is 5.09. The van der Waals surface area contributed by atoms with Crippen LogP contribution in [0, 0.1) is 13.8 Å². The predicted molar refractivity (Wildman–Crippen MR) is 110 cm³/mol. The first-order valence-corrected chi connectivity index (χ1v) is 10.3. The molecule has 0 atom stereocenters. The fourth-order valence-corrected chi connectivity index (χ4v) is 4.97. The first-order valence-electron chi connectivity index (χ1n) is 9.45. The van der Waals surface area contributed by atoms with Gasteiger partial charge in [-0.1, -0.05) is 0 Å². The van der Waals surface area contributed by atoms with Crippen LogP contribution in [0.15, 0.2) is 23.0 Å². The summed E-state index contributed by atoms with van der Waals surface area (Å²) in [6.45, 7) is 3.69. The van der Waals surface area contributed by atoms with Gasteiger partial charge in [-0.15, -0.1) is 11.3 Å². The molecular weight excluding hydrogens is 388 g/mol. The van der Waals surface area contributed by atoms with Crippen LogP contribution >= 0.6 is 11.3 Å². The molecule has 1 aliphatic carbocycles. The van der Waals surface area contributed by atoms with Crippen molar-refractivity contribution in [1.29, 1.82) is 0 Å². The molecule has 29 heavy (non-hydrogen) atoms. The molecule has 0 amide bonds. The number of hydrogen-bond donors (Lipinski definition) is 1. The summed E-state index contributed by atoms with van der Waals surface area (Å²) in [6.07, 6.45) is 3.02. The maximum atomic E-state index is 12.5. The molecule has 4 aromatic rings. The molecule has 0 aliphatic heterocycles. The quantitative estimate of drug-likeness (QED) is 0.524. The minimum atomic E-state index is -0.497. The van der Waals surface area contributed by atoms with Crippen molar-refractivity contribution in [3.8, 4) is 0 Å². The summed E-state index contributed by atoms with van der Waals surface area (Å²) in [4.78, 5) is 43.1. The van der Waals surface area contributed by atoms with Crippen molar-refractivity contribution >= 4 is 38.6 Å². The normalized spacial score (nSPS) is 13.2. The zero-order valence-electron chi connectivity index (χ0n) is 16.0. The van der Waals surface area contributed by atoms with E-state index in [1.807, 2.05) is 13.8 Å². The van der Waals surface area contributed by atoms with Crippen molar-refractivity contribution in [2.45, 2.75) is 39.7 Å². The van der Waals surface area contributed by atoms with Crippen LogP contribution in [0.25, 0.3) is 21.3 Å². The van der Waals surface area contributed by atoms with Crippen LogP contribution in [-0.2, 0) is 24.2 Å². The van der Waals surface area contributed by atoms with Gasteiger partial charge < -0.3 is 9.72 Å². The number of aromatic nitrogens is 4. The first kappa shape index (κ1) is 17.9. The maximum absolute atomic E-state index is 12.5. The zero-order chi connectivity index (χ0) is 20.1. The van der Waals surface area contributed by atoms with Crippen LogP contribution in [0.4, 0.5) is 0 Å². The van der Waals surface area contributed by atoms with Gasteiger partial charge in [0.2, 0.25) is 0 Å². The molecule has 1 N–H and O–H groups in total. The summed E-state index contributed by atoms with van der Waals surface area (Å²) in [7, 11) is 0. The molecule has 3 aromatic heterocycles. The number of nitrogens with zero attached hydrogens (tertiary/aromatic N) is 3. The highest BCUT2D eigenvalue weighted by Gasteiger charge is 2.21. The number of hydrogen-bond acceptors (Lipinski definition) is 7. The lowest BCUT2D eigenvalue weighted by atomic mass is 10.2. The van der Waals surface area contributed by atoms with Gasteiger partial charge in [-0.25, -0.2) is 19.7 Å². The number of aryl methyl sites for hydroxylation is 4. The van der Waals surface area contributed by atoms with Gasteiger partial charge in [-0.3, -0.25) is 4.79 Å². The standard InChI is InChI=1S/C21H18N4O3S/c1-10-11(2)23-15-8-12(6-7-14(15)22-10)21(27)28-9-17-24-19(26)18-13-4-3-5-16(13)29-20(18)25-17/h6-8H,3-5,9H2,1-2H3,(H,24,25,26). The summed E-state index contributed by atoms with van der Waals surface area (Å²) >= 11 is 1.56. The van der Waals surface area contributed by atoms with Crippen LogP contribution < -0.4 is 5.56 Å². The number of nitrogens with one attached hydrogen (secondary N) is 1. The van der Waals surface area contributed by atoms with Crippen LogP contribution in [0.1, 0.15) is 44.4 Å². The summed E-state index contributed by atoms with van der Waals surface area (Å²) in [5.41, 5.74) is 4.40. The fraction of sp³-hybridized carbons (Fsp3) is 0.286. The second-order valence-corrected chi connectivity index (χ2v) is 8.31. The van der Waals surface area contributed by atoms with E-state index >= 15 is 0 Å². The van der Waals surface area contributed by atoms with Gasteiger partial charge in [0.1, 0.15) is 17.3 Å². The van der Waals surface area contributed by atoms with Gasteiger partial charge in [0.25, 0.3) is 5.56 Å². The molecule has 0 saturated heterocycles. The SMILES string of the molecule is Cc1nc2ccc(C(=O)OCc3nc4sc5c(c4c(=O)[nH]3)CCC5)cc2nc1C. The van der Waals surface area contributed by atoms with E-state index in [4.69, 9.17) is 4.74 Å². The average molecular weight is 406 g/mol. The Balaban J connectivity index is 1.38. The monoisotopic (exact) mass is 406 g/mol. The molecule has 1 aliphatic rings. The van der Waals surface area contributed by atoms with E-state index in [-0.39, 0.29) is 12.2 Å². The van der Waals surface area contributed by atoms with Gasteiger partial charge >= 0.3 is 5.97 Å². The molecule has 0 spiro atoms. The third-order valence-electron chi connectivity index (χ3n) is 5.28. The number of ether oxygens (including phenoxy) is 1. The second-order valence-electron chi connectivity index (χ2n) is 7.22. The van der Waals surface area contributed by atoms with Crippen molar-refractivity contribution in [3.05, 3.63) is 61.8 Å². The molecule has 0 fully saturated rings. The van der Waals surface area contributed by atoms with Gasteiger partial charge in [-0.2, -0.15) is 0 Å². The van der Waals surface area contributed by atoms with E-state index in [1.165, 1.54) is 4.88 Å². The number of benzene rings is 1. The number of carbonyl (C=O) groups is 1. The molecule has 0 unspecified atom stereocenters. The Morgan fingerprint density at radius 3 is 2.76 bits per heavy atom. The minimum absolute atomic E-state index is 0.0940. The Bertz CT molecular complexity index is 1360. The number of rotatable bonds is 3. The third kappa shape index (κ3) is 3.09. The zero-order valence-corrected chi connectivity index (χ0v) is 16.9. The molecule has 3 heterocycles. The molecule has 146 valence electrons. The molecule has 8 heteroatoms. The molecule has 0 saturated carbocycles. The second kappa shape index (κ2) is 6.73. The number of carbonyl (C=O) groups excluding carboxylic acids is 1. The number of thiophene rings is 1. The highest BCUT2D eigenvalue weighted by atomic mass is 32.1. The van der Waals surface area contributed by atoms with Gasteiger partial charge in [-0.05, 0) is 56.9 Å². The first-order chi connectivity index (χ1) is 14.0. The summed E-state index contributed by atoms with van der Waals surface area (Å²) in [5, 5.41) is 0.691. The van der Waals surface area contributed by atoms with Crippen LogP contribution in [0.5, 0.6) is 0 Å². The Morgan fingerprint density at radius 1 is 1.14 bits per heavy atom. The largest absolute Gasteiger partial charge is 0.454 e. The van der Waals surface area contributed by atoms with E-state index in [2.05, 4.69) is 19.9 Å². The lowest BCUT2D eigenvalue weighted by Gasteiger charge is -2.07. The molecule has 1 aromatic carbocycles. The van der Waals surface area contributed by atoms with E-state index in [0.29, 0.717) is 22.3 Å². The maximum Gasteiger partial charge on any atom is 0.338 e. The molecule has 0 radical (unpaired) electrons. The van der Waals surface area contributed by atoms with E-state index in [0.717, 1.165) is 46.6 Å². The summed E-state index contributed by atoms with van der Waals surface area (Å²) < 4.78 is 5.38. The Labute approximate surface area is 169 Å². The van der Waals surface area contributed by atoms with Gasteiger partial charge in [0, 0.05) is 4.88 Å². The Kier molecular flexibility index (Phi) is 4.16. The van der Waals surface area contributed by atoms with Gasteiger partial charge in [0.05, 0.1) is 33.4 Å². The van der Waals surface area contributed by atoms with Crippen molar-refractivity contribution < 1.29 is 9.53 Å². The lowest BCUT2D eigenvalue weighted by Crippen LogP contribution is -2.14. The Morgan fingerprint density at radius 2 is 1.93 bits per heavy atom. The van der Waals surface area contributed by atoms with E-state index < -0.39 is 5.97 Å². The highest BCUT2D eigenvalue weighted by Crippen LogP contribution is 2.34. The van der Waals surface area contributed by atoms with E-state index in [1.54, 1.807) is 29.5 Å². The Hall–Kier alpha value is -3.13. The minimum Gasteiger partial charge on any atom is -0.454 e. The van der Waals surface area contributed by atoms with Crippen LogP contribution in [0.2, 0.25) is 0 Å². The van der Waals surface area contributed by atoms with Crippen LogP contribution in [0.3, 0.4) is 0 Å². The fourth-order valence-electron chi connectivity index (χ4n) is 3.69. The van der Waals surface area contributed by atoms with Crippen molar-refractivity contribution in [2.75, 3.05) is 0 Å². The number of fused-ring (bicyclic) bond motifs is 4. The van der Waals surface area contributed by atoms with Crippen molar-refractivity contribution in [3.63, 3.8) is 0 Å². The smallest absolute Gasteiger partial charge is 0.338 e. The number of H-pyrrole nitrogens is 1. The summed E-state index contributed by atoms with van der Waals surface area (Å²) in [5.74, 6) is -0.147. The van der Waals surface area contributed by atoms with Crippen LogP contribution in [-0.4, -0.2) is 25.9 Å². The van der Waals surface area contributed by atoms with Crippen molar-refractivity contribution in [2.24, 2.45) is 0 Å². The number of esters is 1. The average Bonchev–Trinajstić information content (AvgIpc) is 3.27. The topological polar surface area (TPSA) is 97.8 Å². The van der Waals surface area contributed by atoms with E-state index in [9.17, 15) is 9.59 Å².